The lowest BCUT2D eigenvalue weighted by Crippen LogP contribution is -2.25. The minimum atomic E-state index is -1.47. The molecule has 1 aromatic rings. The Balaban J connectivity index is 3.05. The highest BCUT2D eigenvalue weighted by molar-refractivity contribution is 6.22. The van der Waals surface area contributed by atoms with Crippen molar-refractivity contribution in [1.82, 2.24) is 0 Å². The summed E-state index contributed by atoms with van der Waals surface area (Å²) in [5.74, 6) is -1.18. The summed E-state index contributed by atoms with van der Waals surface area (Å²) in [6.45, 7) is 17.1. The van der Waals surface area contributed by atoms with Gasteiger partial charge < -0.3 is 9.84 Å². The first-order valence-corrected chi connectivity index (χ1v) is 30.9. The summed E-state index contributed by atoms with van der Waals surface area (Å²) in [6, 6.07) is 1.27. The molecule has 0 saturated carbocycles. The van der Waals surface area contributed by atoms with Crippen molar-refractivity contribution >= 4 is 29.3 Å². The van der Waals surface area contributed by atoms with Crippen molar-refractivity contribution < 1.29 is 33.8 Å². The Morgan fingerprint density at radius 1 is 0.333 bits per heavy atom. The van der Waals surface area contributed by atoms with E-state index in [1.54, 1.807) is 13.8 Å². The molecule has 7 nitrogen and oxygen atoms in total. The summed E-state index contributed by atoms with van der Waals surface area (Å²) < 4.78 is 5.53. The van der Waals surface area contributed by atoms with E-state index in [-0.39, 0.29) is 53.1 Å². The van der Waals surface area contributed by atoms with Gasteiger partial charge in [-0.1, -0.05) is 273 Å². The van der Waals surface area contributed by atoms with Gasteiger partial charge in [0.25, 0.3) is 0 Å². The number of carboxylic acids is 1. The third kappa shape index (κ3) is 34.6. The van der Waals surface area contributed by atoms with E-state index < -0.39 is 29.4 Å². The molecule has 0 saturated heterocycles. The third-order valence-electron chi connectivity index (χ3n) is 14.8. The summed E-state index contributed by atoms with van der Waals surface area (Å²) in [6.07, 6.45) is 45.1. The number of ether oxygens (including phenoxy) is 1. The van der Waals surface area contributed by atoms with Crippen LogP contribution in [-0.4, -0.2) is 40.5 Å². The molecule has 72 heavy (non-hydrogen) atoms. The molecule has 0 aromatic heterocycles. The van der Waals surface area contributed by atoms with Gasteiger partial charge in [0.15, 0.2) is 17.3 Å². The molecule has 7 heteroatoms. The predicted molar refractivity (Wildman–Crippen MR) is 305 cm³/mol. The monoisotopic (exact) mass is 1010 g/mol. The van der Waals surface area contributed by atoms with Crippen LogP contribution in [0.3, 0.4) is 0 Å². The zero-order valence-electron chi connectivity index (χ0n) is 48.5. The third-order valence-corrected chi connectivity index (χ3v) is 14.8. The second kappa shape index (κ2) is 44.5. The average molecular weight is 1010 g/mol. The summed E-state index contributed by atoms with van der Waals surface area (Å²) in [5, 5.41) is 10.7. The predicted octanol–water partition coefficient (Wildman–Crippen LogP) is 20.9. The normalized spacial score (nSPS) is 11.7. The zero-order chi connectivity index (χ0) is 53.2. The van der Waals surface area contributed by atoms with E-state index in [2.05, 4.69) is 41.5 Å². The quantitative estimate of drug-likeness (QED) is 0.0393. The standard InChI is InChI=1S/C65H114O7/c1-52(2)45-39-33-27-21-15-9-12-18-24-30-36-42-48-58(66)56-51-57(65(71)72-55(7)8)62(64(69)70)63(60(68)50-44-38-32-26-20-14-11-17-23-29-35-41-47-54(5)6)61(56)59(67)49-43-37-31-25-19-13-10-16-22-28-34-40-46-53(3)4/h51-55H,9-50H2,1-8H3,(H,69,70). The van der Waals surface area contributed by atoms with E-state index in [0.717, 1.165) is 82.0 Å². The van der Waals surface area contributed by atoms with Crippen LogP contribution in [0.4, 0.5) is 0 Å². The van der Waals surface area contributed by atoms with Crippen LogP contribution in [0.2, 0.25) is 0 Å². The number of unbranched alkanes of at least 4 members (excludes halogenated alkanes) is 33. The molecule has 0 radical (unpaired) electrons. The van der Waals surface area contributed by atoms with E-state index in [0.29, 0.717) is 19.3 Å². The SMILES string of the molecule is CC(C)CCCCCCCCCCCCCCC(=O)c1cc(C(=O)OC(C)C)c(C(=O)O)c(C(=O)CCCCCCCCCCCCCCC(C)C)c1C(=O)CCCCCCCCCCCCCCC(C)C. The Hall–Kier alpha value is -2.83. The highest BCUT2D eigenvalue weighted by Crippen LogP contribution is 2.31. The fraction of sp³-hybridized carbons (Fsp3) is 0.831. The average Bonchev–Trinajstić information content (AvgIpc) is 3.32. The minimum Gasteiger partial charge on any atom is -0.478 e. The lowest BCUT2D eigenvalue weighted by Gasteiger charge is -2.19. The molecule has 1 rings (SSSR count). The molecule has 0 atom stereocenters. The van der Waals surface area contributed by atoms with E-state index in [4.69, 9.17) is 4.74 Å². The Bertz CT molecular complexity index is 1570. The first-order chi connectivity index (χ1) is 34.7. The fourth-order valence-corrected chi connectivity index (χ4v) is 10.3. The van der Waals surface area contributed by atoms with Crippen molar-refractivity contribution in [2.24, 2.45) is 17.8 Å². The van der Waals surface area contributed by atoms with Crippen molar-refractivity contribution in [2.45, 2.75) is 331 Å². The summed E-state index contributed by atoms with van der Waals surface area (Å²) in [5.41, 5.74) is -1.19. The largest absolute Gasteiger partial charge is 0.478 e. The van der Waals surface area contributed by atoms with E-state index in [1.165, 1.54) is 173 Å². The van der Waals surface area contributed by atoms with Crippen molar-refractivity contribution in [3.8, 4) is 0 Å². The van der Waals surface area contributed by atoms with Gasteiger partial charge in [-0.2, -0.15) is 0 Å². The number of ketones is 3. The highest BCUT2D eigenvalue weighted by Gasteiger charge is 2.34. The molecule has 0 spiro atoms. The number of carbonyl (C=O) groups is 5. The number of carbonyl (C=O) groups excluding carboxylic acids is 4. The van der Waals surface area contributed by atoms with Crippen molar-refractivity contribution in [1.29, 1.82) is 0 Å². The number of carboxylic acid groups (broad SMARTS) is 1. The van der Waals surface area contributed by atoms with Crippen LogP contribution in [0, 0.1) is 17.8 Å². The van der Waals surface area contributed by atoms with Gasteiger partial charge in [-0.25, -0.2) is 9.59 Å². The maximum absolute atomic E-state index is 14.5. The van der Waals surface area contributed by atoms with Crippen molar-refractivity contribution in [3.05, 3.63) is 33.9 Å². The topological polar surface area (TPSA) is 115 Å². The van der Waals surface area contributed by atoms with Gasteiger partial charge in [0.1, 0.15) is 0 Å². The first kappa shape index (κ1) is 67.2. The number of Topliss-reactive ketones (excluding diaryl/α,β-unsaturated/α-hetero) is 3. The molecule has 416 valence electrons. The lowest BCUT2D eigenvalue weighted by molar-refractivity contribution is 0.0370. The van der Waals surface area contributed by atoms with E-state index in [1.807, 2.05) is 0 Å². The molecular formula is C65H114O7. The van der Waals surface area contributed by atoms with Gasteiger partial charge in [0, 0.05) is 36.0 Å². The van der Waals surface area contributed by atoms with Gasteiger partial charge in [-0.15, -0.1) is 0 Å². The van der Waals surface area contributed by atoms with Crippen LogP contribution < -0.4 is 0 Å². The smallest absolute Gasteiger partial charge is 0.339 e. The number of aromatic carboxylic acids is 1. The molecule has 0 unspecified atom stereocenters. The summed E-state index contributed by atoms with van der Waals surface area (Å²) in [4.78, 5) is 70.1. The second-order valence-corrected chi connectivity index (χ2v) is 23.7. The Morgan fingerprint density at radius 2 is 0.583 bits per heavy atom. The van der Waals surface area contributed by atoms with Crippen molar-refractivity contribution in [3.63, 3.8) is 0 Å². The maximum Gasteiger partial charge on any atom is 0.339 e. The number of rotatable bonds is 51. The van der Waals surface area contributed by atoms with Crippen LogP contribution in [0.15, 0.2) is 6.07 Å². The fourth-order valence-electron chi connectivity index (χ4n) is 10.3. The lowest BCUT2D eigenvalue weighted by atomic mass is 9.82. The van der Waals surface area contributed by atoms with Gasteiger partial charge in [-0.05, 0) is 56.9 Å². The number of hydrogen-bond donors (Lipinski definition) is 1. The molecule has 0 amide bonds. The summed E-state index contributed by atoms with van der Waals surface area (Å²) in [7, 11) is 0. The van der Waals surface area contributed by atoms with Gasteiger partial charge >= 0.3 is 11.9 Å². The zero-order valence-corrected chi connectivity index (χ0v) is 48.5. The maximum atomic E-state index is 14.5. The van der Waals surface area contributed by atoms with E-state index >= 15 is 0 Å². The van der Waals surface area contributed by atoms with Crippen LogP contribution in [0.25, 0.3) is 0 Å². The van der Waals surface area contributed by atoms with Gasteiger partial charge in [0.05, 0.1) is 17.2 Å². The Kier molecular flexibility index (Phi) is 41.5. The van der Waals surface area contributed by atoms with Crippen LogP contribution in [-0.2, 0) is 4.74 Å². The second-order valence-electron chi connectivity index (χ2n) is 23.7. The van der Waals surface area contributed by atoms with E-state index in [9.17, 15) is 29.1 Å². The summed E-state index contributed by atoms with van der Waals surface area (Å²) >= 11 is 0. The first-order valence-electron chi connectivity index (χ1n) is 30.9. The number of benzene rings is 1. The molecule has 1 aromatic carbocycles. The number of esters is 1. The molecule has 0 aliphatic rings. The molecule has 0 bridgehead atoms. The van der Waals surface area contributed by atoms with Crippen LogP contribution in [0.1, 0.15) is 377 Å². The molecular weight excluding hydrogens is 893 g/mol. The molecule has 0 aliphatic heterocycles. The Morgan fingerprint density at radius 3 is 0.847 bits per heavy atom. The van der Waals surface area contributed by atoms with Crippen LogP contribution >= 0.6 is 0 Å². The Labute approximate surface area is 444 Å². The molecule has 0 fully saturated rings. The van der Waals surface area contributed by atoms with Crippen LogP contribution in [0.5, 0.6) is 0 Å². The van der Waals surface area contributed by atoms with Crippen molar-refractivity contribution in [2.75, 3.05) is 0 Å². The van der Waals surface area contributed by atoms with Gasteiger partial charge in [-0.3, -0.25) is 14.4 Å². The highest BCUT2D eigenvalue weighted by atomic mass is 16.5. The molecule has 1 N–H and O–H groups in total. The van der Waals surface area contributed by atoms with Gasteiger partial charge in [0.2, 0.25) is 0 Å². The molecule has 0 aliphatic carbocycles. The minimum absolute atomic E-state index is 0.00346. The number of hydrogen-bond acceptors (Lipinski definition) is 6. The molecule has 0 heterocycles.